The zero-order valence-electron chi connectivity index (χ0n) is 16.2. The quantitative estimate of drug-likeness (QED) is 0.678. The van der Waals surface area contributed by atoms with Gasteiger partial charge in [0.2, 0.25) is 5.91 Å². The van der Waals surface area contributed by atoms with Crippen molar-refractivity contribution in [3.8, 4) is 11.5 Å². The monoisotopic (exact) mass is 381 g/mol. The van der Waals surface area contributed by atoms with Gasteiger partial charge in [-0.25, -0.2) is 4.98 Å². The lowest BCUT2D eigenvalue weighted by atomic mass is 10.1. The van der Waals surface area contributed by atoms with E-state index in [-0.39, 0.29) is 18.0 Å². The van der Waals surface area contributed by atoms with Crippen LogP contribution in [0.2, 0.25) is 0 Å². The minimum atomic E-state index is -0.239. The van der Waals surface area contributed by atoms with E-state index in [2.05, 4.69) is 10.3 Å². The van der Waals surface area contributed by atoms with Crippen molar-refractivity contribution in [2.24, 2.45) is 0 Å². The zero-order valence-corrected chi connectivity index (χ0v) is 16.2. The fraction of sp³-hybridized carbons (Fsp3) is 0.286. The van der Waals surface area contributed by atoms with E-state index in [4.69, 9.17) is 9.47 Å². The number of ether oxygens (including phenoxy) is 2. The number of nitrogens with zero attached hydrogens (tertiary/aromatic N) is 2. The molecule has 3 aromatic rings. The minimum Gasteiger partial charge on any atom is -0.493 e. The van der Waals surface area contributed by atoms with E-state index >= 15 is 0 Å². The van der Waals surface area contributed by atoms with Crippen LogP contribution in [0.1, 0.15) is 11.1 Å². The highest BCUT2D eigenvalue weighted by molar-refractivity contribution is 5.79. The molecule has 0 atom stereocenters. The maximum atomic E-state index is 12.6. The van der Waals surface area contributed by atoms with Crippen LogP contribution in [-0.4, -0.2) is 36.2 Å². The Morgan fingerprint density at radius 1 is 1.11 bits per heavy atom. The number of rotatable bonds is 7. The number of benzene rings is 2. The summed E-state index contributed by atoms with van der Waals surface area (Å²) in [5.74, 6) is 1.07. The van der Waals surface area contributed by atoms with Gasteiger partial charge in [-0.2, -0.15) is 0 Å². The molecule has 0 radical (unpaired) electrons. The second-order valence-corrected chi connectivity index (χ2v) is 6.49. The number of amides is 1. The van der Waals surface area contributed by atoms with Crippen molar-refractivity contribution in [1.82, 2.24) is 14.9 Å². The predicted octanol–water partition coefficient (Wildman–Crippen LogP) is 2.08. The SMILES string of the molecule is COc1ccc(CCNC(=O)Cn2cnc3ccc(C)cc3c2=O)cc1OC. The summed E-state index contributed by atoms with van der Waals surface area (Å²) in [5, 5.41) is 3.35. The number of hydrogen-bond donors (Lipinski definition) is 1. The Morgan fingerprint density at radius 3 is 2.64 bits per heavy atom. The van der Waals surface area contributed by atoms with Crippen LogP contribution in [0, 0.1) is 6.92 Å². The molecular weight excluding hydrogens is 358 g/mol. The second kappa shape index (κ2) is 8.56. The molecule has 0 aliphatic heterocycles. The van der Waals surface area contributed by atoms with Gasteiger partial charge >= 0.3 is 0 Å². The first kappa shape index (κ1) is 19.4. The Morgan fingerprint density at radius 2 is 1.89 bits per heavy atom. The summed E-state index contributed by atoms with van der Waals surface area (Å²) in [7, 11) is 3.17. The number of aromatic nitrogens is 2. The van der Waals surface area contributed by atoms with Crippen LogP contribution >= 0.6 is 0 Å². The van der Waals surface area contributed by atoms with E-state index < -0.39 is 0 Å². The first-order chi connectivity index (χ1) is 13.5. The third-order valence-corrected chi connectivity index (χ3v) is 4.48. The average Bonchev–Trinajstić information content (AvgIpc) is 2.70. The van der Waals surface area contributed by atoms with Gasteiger partial charge in [0.1, 0.15) is 6.54 Å². The van der Waals surface area contributed by atoms with E-state index in [0.717, 1.165) is 11.1 Å². The molecule has 3 rings (SSSR count). The molecule has 0 fully saturated rings. The molecule has 0 saturated carbocycles. The minimum absolute atomic E-state index is 0.0678. The van der Waals surface area contributed by atoms with Crippen LogP contribution in [0.15, 0.2) is 47.5 Å². The van der Waals surface area contributed by atoms with Crippen LogP contribution in [0.3, 0.4) is 0 Å². The number of aryl methyl sites for hydroxylation is 1. The zero-order chi connectivity index (χ0) is 20.1. The highest BCUT2D eigenvalue weighted by atomic mass is 16.5. The standard InChI is InChI=1S/C21H23N3O4/c1-14-4-6-17-16(10-14)21(26)24(13-23-17)12-20(25)22-9-8-15-5-7-18(27-2)19(11-15)28-3/h4-7,10-11,13H,8-9,12H2,1-3H3,(H,22,25). The molecule has 7 nitrogen and oxygen atoms in total. The molecule has 0 spiro atoms. The Labute approximate surface area is 162 Å². The van der Waals surface area contributed by atoms with E-state index in [1.54, 1.807) is 26.4 Å². The number of nitrogens with one attached hydrogen (secondary N) is 1. The summed E-state index contributed by atoms with van der Waals surface area (Å²) >= 11 is 0. The van der Waals surface area contributed by atoms with Crippen LogP contribution < -0.4 is 20.3 Å². The lowest BCUT2D eigenvalue weighted by Crippen LogP contribution is -2.33. The third-order valence-electron chi connectivity index (χ3n) is 4.48. The number of carbonyl (C=O) groups is 1. The van der Waals surface area contributed by atoms with E-state index in [0.29, 0.717) is 35.4 Å². The summed E-state index contributed by atoms with van der Waals surface area (Å²) in [6.07, 6.45) is 2.05. The van der Waals surface area contributed by atoms with Gasteiger partial charge in [-0.3, -0.25) is 14.2 Å². The third kappa shape index (κ3) is 4.31. The van der Waals surface area contributed by atoms with E-state index in [1.165, 1.54) is 10.9 Å². The molecule has 1 amide bonds. The molecule has 0 saturated heterocycles. The largest absolute Gasteiger partial charge is 0.493 e. The van der Waals surface area contributed by atoms with Crippen LogP contribution in [0.4, 0.5) is 0 Å². The topological polar surface area (TPSA) is 82.5 Å². The van der Waals surface area contributed by atoms with Gasteiger partial charge < -0.3 is 14.8 Å². The molecule has 2 aromatic carbocycles. The van der Waals surface area contributed by atoms with E-state index in [9.17, 15) is 9.59 Å². The Bertz CT molecular complexity index is 1060. The van der Waals surface area contributed by atoms with Crippen molar-refractivity contribution >= 4 is 16.8 Å². The molecule has 146 valence electrons. The van der Waals surface area contributed by atoms with Crippen molar-refractivity contribution in [3.05, 3.63) is 64.2 Å². The maximum Gasteiger partial charge on any atom is 0.261 e. The first-order valence-corrected chi connectivity index (χ1v) is 8.95. The first-order valence-electron chi connectivity index (χ1n) is 8.95. The normalized spacial score (nSPS) is 10.7. The highest BCUT2D eigenvalue weighted by Crippen LogP contribution is 2.27. The van der Waals surface area contributed by atoms with Gasteiger partial charge in [0.15, 0.2) is 11.5 Å². The van der Waals surface area contributed by atoms with Crippen molar-refractivity contribution in [3.63, 3.8) is 0 Å². The molecule has 28 heavy (non-hydrogen) atoms. The van der Waals surface area contributed by atoms with Gasteiger partial charge in [0.25, 0.3) is 5.56 Å². The molecule has 0 unspecified atom stereocenters. The average molecular weight is 381 g/mol. The highest BCUT2D eigenvalue weighted by Gasteiger charge is 2.09. The summed E-state index contributed by atoms with van der Waals surface area (Å²) in [5.41, 5.74) is 2.39. The number of hydrogen-bond acceptors (Lipinski definition) is 5. The number of fused-ring (bicyclic) bond motifs is 1. The van der Waals surface area contributed by atoms with Gasteiger partial charge in [-0.05, 0) is 43.2 Å². The van der Waals surface area contributed by atoms with Crippen LogP contribution in [-0.2, 0) is 17.8 Å². The lowest BCUT2D eigenvalue weighted by Gasteiger charge is -2.11. The molecule has 1 aromatic heterocycles. The molecule has 1 N–H and O–H groups in total. The molecule has 7 heteroatoms. The fourth-order valence-corrected chi connectivity index (χ4v) is 2.98. The number of carbonyl (C=O) groups excluding carboxylic acids is 1. The van der Waals surface area contributed by atoms with Crippen molar-refractivity contribution in [2.75, 3.05) is 20.8 Å². The molecule has 0 aliphatic rings. The maximum absolute atomic E-state index is 12.6. The Hall–Kier alpha value is -3.35. The van der Waals surface area contributed by atoms with Gasteiger partial charge in [0, 0.05) is 6.54 Å². The summed E-state index contributed by atoms with van der Waals surface area (Å²) < 4.78 is 11.8. The van der Waals surface area contributed by atoms with Gasteiger partial charge in [-0.1, -0.05) is 17.7 Å². The fourth-order valence-electron chi connectivity index (χ4n) is 2.98. The summed E-state index contributed by atoms with van der Waals surface area (Å²) in [6, 6.07) is 11.1. The predicted molar refractivity (Wildman–Crippen MR) is 107 cm³/mol. The van der Waals surface area contributed by atoms with Crippen LogP contribution in [0.25, 0.3) is 10.9 Å². The summed E-state index contributed by atoms with van der Waals surface area (Å²) in [6.45, 7) is 2.29. The smallest absolute Gasteiger partial charge is 0.261 e. The molecule has 0 aliphatic carbocycles. The van der Waals surface area contributed by atoms with Gasteiger partial charge in [-0.15, -0.1) is 0 Å². The Balaban J connectivity index is 1.61. The lowest BCUT2D eigenvalue weighted by molar-refractivity contribution is -0.121. The van der Waals surface area contributed by atoms with E-state index in [1.807, 2.05) is 31.2 Å². The van der Waals surface area contributed by atoms with Crippen molar-refractivity contribution in [1.29, 1.82) is 0 Å². The van der Waals surface area contributed by atoms with Gasteiger partial charge in [0.05, 0.1) is 31.4 Å². The van der Waals surface area contributed by atoms with Crippen molar-refractivity contribution in [2.45, 2.75) is 19.9 Å². The van der Waals surface area contributed by atoms with Crippen molar-refractivity contribution < 1.29 is 14.3 Å². The summed E-state index contributed by atoms with van der Waals surface area (Å²) in [4.78, 5) is 29.1. The van der Waals surface area contributed by atoms with Crippen LogP contribution in [0.5, 0.6) is 11.5 Å². The molecular formula is C21H23N3O4. The second-order valence-electron chi connectivity index (χ2n) is 6.49. The molecule has 0 bridgehead atoms. The molecule has 1 heterocycles. The Kier molecular flexibility index (Phi) is 5.93. The number of methoxy groups -OCH3 is 2.